The molecule has 0 spiro atoms. The molecule has 0 unspecified atom stereocenters. The molecule has 1 rings (SSSR count). The lowest BCUT2D eigenvalue weighted by Crippen LogP contribution is -2.24. The molecule has 0 N–H and O–H groups in total. The highest BCUT2D eigenvalue weighted by Gasteiger charge is 1.99. The highest BCUT2D eigenvalue weighted by molar-refractivity contribution is 5.07. The number of hydrogen-bond acceptors (Lipinski definition) is 2. The Balaban J connectivity index is 2.17. The molecule has 0 aromatic heterocycles. The lowest BCUT2D eigenvalue weighted by molar-refractivity contribution is 0.0175. The van der Waals surface area contributed by atoms with Gasteiger partial charge in [0, 0.05) is 12.7 Å². The fourth-order valence-electron chi connectivity index (χ4n) is 0.848. The molecule has 0 atom stereocenters. The molecule has 1 aliphatic rings. The van der Waals surface area contributed by atoms with Gasteiger partial charge in [-0.15, -0.1) is 0 Å². The van der Waals surface area contributed by atoms with E-state index in [9.17, 15) is 0 Å². The Labute approximate surface area is 68.1 Å². The summed E-state index contributed by atoms with van der Waals surface area (Å²) in [6.07, 6.45) is 8.54. The van der Waals surface area contributed by atoms with Gasteiger partial charge in [0.2, 0.25) is 0 Å². The Bertz CT molecular complexity index is 161. The zero-order valence-electron chi connectivity index (χ0n) is 7.16. The first-order valence-corrected chi connectivity index (χ1v) is 3.98. The second-order valence-electron chi connectivity index (χ2n) is 2.89. The number of rotatable bonds is 3. The summed E-state index contributed by atoms with van der Waals surface area (Å²) in [5, 5.41) is 0. The van der Waals surface area contributed by atoms with Crippen molar-refractivity contribution in [2.24, 2.45) is 0 Å². The van der Waals surface area contributed by atoms with Crippen LogP contribution in [0.25, 0.3) is 0 Å². The Morgan fingerprint density at radius 1 is 1.45 bits per heavy atom. The van der Waals surface area contributed by atoms with Gasteiger partial charge in [-0.2, -0.15) is 0 Å². The monoisotopic (exact) mass is 153 g/mol. The van der Waals surface area contributed by atoms with Crippen LogP contribution < -0.4 is 0 Å². The normalized spacial score (nSPS) is 16.5. The second-order valence-corrected chi connectivity index (χ2v) is 2.89. The minimum Gasteiger partial charge on any atom is -0.358 e. The maximum Gasteiger partial charge on any atom is 0.119 e. The Morgan fingerprint density at radius 2 is 2.27 bits per heavy atom. The summed E-state index contributed by atoms with van der Waals surface area (Å²) in [4.78, 5) is 2.12. The van der Waals surface area contributed by atoms with E-state index in [-0.39, 0.29) is 0 Å². The van der Waals surface area contributed by atoms with E-state index in [0.29, 0.717) is 12.8 Å². The van der Waals surface area contributed by atoms with Gasteiger partial charge in [-0.05, 0) is 19.9 Å². The van der Waals surface area contributed by atoms with E-state index < -0.39 is 0 Å². The van der Waals surface area contributed by atoms with Gasteiger partial charge < -0.3 is 9.64 Å². The van der Waals surface area contributed by atoms with Crippen molar-refractivity contribution in [1.82, 2.24) is 4.90 Å². The van der Waals surface area contributed by atoms with Gasteiger partial charge >= 0.3 is 0 Å². The molecule has 0 radical (unpaired) electrons. The van der Waals surface area contributed by atoms with Gasteiger partial charge in [0.1, 0.15) is 6.73 Å². The molecular formula is C9H15NO. The van der Waals surface area contributed by atoms with Crippen molar-refractivity contribution >= 4 is 0 Å². The summed E-state index contributed by atoms with van der Waals surface area (Å²) in [7, 11) is 0. The van der Waals surface area contributed by atoms with Crippen LogP contribution in [0.5, 0.6) is 0 Å². The van der Waals surface area contributed by atoms with Crippen molar-refractivity contribution in [3.8, 4) is 0 Å². The lowest BCUT2D eigenvalue weighted by atomic mass is 10.4. The maximum atomic E-state index is 5.42. The smallest absolute Gasteiger partial charge is 0.119 e. The standard InChI is InChI=1S/C9H15NO/c1-9(2)11-8-10-6-4-3-5-7-10/h3-6,9H,7-8H2,1-2H3. The summed E-state index contributed by atoms with van der Waals surface area (Å²) >= 11 is 0. The third-order valence-electron chi connectivity index (χ3n) is 1.46. The van der Waals surface area contributed by atoms with Gasteiger partial charge in [-0.3, -0.25) is 0 Å². The first-order valence-electron chi connectivity index (χ1n) is 3.98. The highest BCUT2D eigenvalue weighted by Crippen LogP contribution is 1.99. The van der Waals surface area contributed by atoms with E-state index in [4.69, 9.17) is 4.74 Å². The summed E-state index contributed by atoms with van der Waals surface area (Å²) < 4.78 is 5.42. The molecule has 0 bridgehead atoms. The minimum atomic E-state index is 0.314. The average Bonchev–Trinajstić information content (AvgIpc) is 2.03. The summed E-state index contributed by atoms with van der Waals surface area (Å²) in [5.41, 5.74) is 0. The zero-order chi connectivity index (χ0) is 8.10. The summed E-state index contributed by atoms with van der Waals surface area (Å²) in [6, 6.07) is 0. The quantitative estimate of drug-likeness (QED) is 0.612. The molecule has 0 aromatic carbocycles. The largest absolute Gasteiger partial charge is 0.358 e. The highest BCUT2D eigenvalue weighted by atomic mass is 16.5. The van der Waals surface area contributed by atoms with Crippen molar-refractivity contribution in [1.29, 1.82) is 0 Å². The van der Waals surface area contributed by atoms with E-state index in [2.05, 4.69) is 11.0 Å². The minimum absolute atomic E-state index is 0.314. The van der Waals surface area contributed by atoms with Crippen molar-refractivity contribution in [2.75, 3.05) is 13.3 Å². The van der Waals surface area contributed by atoms with Gasteiger partial charge in [0.15, 0.2) is 0 Å². The number of nitrogens with zero attached hydrogens (tertiary/aromatic N) is 1. The number of allylic oxidation sites excluding steroid dienone is 2. The van der Waals surface area contributed by atoms with E-state index in [1.807, 2.05) is 32.2 Å². The van der Waals surface area contributed by atoms with E-state index in [1.165, 1.54) is 0 Å². The van der Waals surface area contributed by atoms with E-state index in [0.717, 1.165) is 6.54 Å². The summed E-state index contributed by atoms with van der Waals surface area (Å²) in [6.45, 7) is 5.74. The van der Waals surface area contributed by atoms with Crippen LogP contribution in [-0.2, 0) is 4.74 Å². The predicted octanol–water partition coefficient (Wildman–Crippen LogP) is 1.75. The van der Waals surface area contributed by atoms with Crippen LogP contribution in [0.4, 0.5) is 0 Å². The van der Waals surface area contributed by atoms with Crippen molar-refractivity contribution < 1.29 is 4.74 Å². The van der Waals surface area contributed by atoms with E-state index in [1.54, 1.807) is 0 Å². The fourth-order valence-corrected chi connectivity index (χ4v) is 0.848. The SMILES string of the molecule is CC(C)OCN1C=CC=CC1. The molecule has 0 saturated carbocycles. The molecular weight excluding hydrogens is 138 g/mol. The Morgan fingerprint density at radius 3 is 2.82 bits per heavy atom. The number of ether oxygens (including phenoxy) is 1. The van der Waals surface area contributed by atoms with Gasteiger partial charge in [0.25, 0.3) is 0 Å². The molecule has 0 saturated heterocycles. The molecule has 0 aliphatic carbocycles. The molecule has 62 valence electrons. The lowest BCUT2D eigenvalue weighted by Gasteiger charge is -2.21. The molecule has 11 heavy (non-hydrogen) atoms. The first kappa shape index (κ1) is 8.34. The van der Waals surface area contributed by atoms with E-state index >= 15 is 0 Å². The molecule has 0 aromatic rings. The van der Waals surface area contributed by atoms with Gasteiger partial charge in [-0.1, -0.05) is 12.2 Å². The molecule has 1 heterocycles. The molecule has 0 fully saturated rings. The Kier molecular flexibility index (Phi) is 3.17. The van der Waals surface area contributed by atoms with Crippen molar-refractivity contribution in [3.05, 3.63) is 24.4 Å². The van der Waals surface area contributed by atoms with Crippen LogP contribution in [0, 0.1) is 0 Å². The Hall–Kier alpha value is -0.760. The topological polar surface area (TPSA) is 12.5 Å². The van der Waals surface area contributed by atoms with Crippen LogP contribution >= 0.6 is 0 Å². The summed E-state index contributed by atoms with van der Waals surface area (Å²) in [5.74, 6) is 0. The van der Waals surface area contributed by atoms with Crippen LogP contribution in [0.2, 0.25) is 0 Å². The van der Waals surface area contributed by atoms with Crippen molar-refractivity contribution in [2.45, 2.75) is 20.0 Å². The second kappa shape index (κ2) is 4.19. The number of hydrogen-bond donors (Lipinski definition) is 0. The fraction of sp³-hybridized carbons (Fsp3) is 0.556. The first-order chi connectivity index (χ1) is 5.29. The average molecular weight is 153 g/mol. The third kappa shape index (κ3) is 3.23. The molecule has 0 amide bonds. The zero-order valence-corrected chi connectivity index (χ0v) is 7.16. The molecule has 1 aliphatic heterocycles. The van der Waals surface area contributed by atoms with Crippen LogP contribution in [-0.4, -0.2) is 24.3 Å². The molecule has 2 nitrogen and oxygen atoms in total. The van der Waals surface area contributed by atoms with Gasteiger partial charge in [0.05, 0.1) is 6.10 Å². The van der Waals surface area contributed by atoms with Crippen LogP contribution in [0.15, 0.2) is 24.4 Å². The predicted molar refractivity (Wildman–Crippen MR) is 46.1 cm³/mol. The third-order valence-corrected chi connectivity index (χ3v) is 1.46. The van der Waals surface area contributed by atoms with Crippen LogP contribution in [0.1, 0.15) is 13.8 Å². The van der Waals surface area contributed by atoms with Crippen LogP contribution in [0.3, 0.4) is 0 Å². The van der Waals surface area contributed by atoms with Gasteiger partial charge in [-0.25, -0.2) is 0 Å². The molecule has 2 heteroatoms. The van der Waals surface area contributed by atoms with Crippen molar-refractivity contribution in [3.63, 3.8) is 0 Å². The maximum absolute atomic E-state index is 5.42.